The fourth-order valence-electron chi connectivity index (χ4n) is 2.15. The molecule has 3 rings (SSSR count). The molecule has 1 unspecified atom stereocenters. The fraction of sp³-hybridized carbons (Fsp3) is 0.333. The Bertz CT molecular complexity index is 812. The van der Waals surface area contributed by atoms with Crippen LogP contribution in [0, 0.1) is 0 Å². The molecule has 7 nitrogen and oxygen atoms in total. The van der Waals surface area contributed by atoms with Gasteiger partial charge in [-0.1, -0.05) is 5.16 Å². The molecule has 0 bridgehead atoms. The van der Waals surface area contributed by atoms with Crippen LogP contribution in [0.5, 0.6) is 0 Å². The van der Waals surface area contributed by atoms with Crippen LogP contribution in [-0.4, -0.2) is 30.5 Å². The van der Waals surface area contributed by atoms with Crippen molar-refractivity contribution in [3.8, 4) is 10.6 Å². The van der Waals surface area contributed by atoms with Crippen molar-refractivity contribution in [2.75, 3.05) is 4.31 Å². The van der Waals surface area contributed by atoms with E-state index in [0.717, 1.165) is 15.6 Å². The molecule has 130 valence electrons. The van der Waals surface area contributed by atoms with Crippen LogP contribution >= 0.6 is 11.3 Å². The van der Waals surface area contributed by atoms with Gasteiger partial charge in [0.25, 0.3) is 0 Å². The van der Waals surface area contributed by atoms with Crippen LogP contribution in [0.2, 0.25) is 0 Å². The molecule has 1 fully saturated rings. The van der Waals surface area contributed by atoms with Crippen molar-refractivity contribution in [1.29, 1.82) is 0 Å². The van der Waals surface area contributed by atoms with Gasteiger partial charge in [-0.05, 0) is 25.0 Å². The number of carbonyl (C=O) groups is 1. The van der Waals surface area contributed by atoms with Gasteiger partial charge in [-0.15, -0.1) is 11.3 Å². The maximum Gasteiger partial charge on any atom is 0.452 e. The molecule has 2 aromatic rings. The van der Waals surface area contributed by atoms with Gasteiger partial charge in [0.15, 0.2) is 5.54 Å². The predicted octanol–water partition coefficient (Wildman–Crippen LogP) is 2.64. The summed E-state index contributed by atoms with van der Waals surface area (Å²) >= 11 is -2.03. The number of carboxylic acid groups (broad SMARTS) is 1. The van der Waals surface area contributed by atoms with Crippen LogP contribution in [-0.2, 0) is 22.2 Å². The average Bonchev–Trinajstić information content (AvgIpc) is 2.91. The number of rotatable bonds is 5. The summed E-state index contributed by atoms with van der Waals surface area (Å²) in [6, 6.07) is 3.37. The molecule has 0 spiro atoms. The predicted molar refractivity (Wildman–Crippen MR) is 75.8 cm³/mol. The molecule has 1 aliphatic carbocycles. The molecular formula is C12H8F3N2O5S2-. The van der Waals surface area contributed by atoms with Gasteiger partial charge in [0.05, 0.1) is 4.88 Å². The zero-order chi connectivity index (χ0) is 17.7. The molecule has 2 heterocycles. The number of aromatic nitrogens is 1. The van der Waals surface area contributed by atoms with Gasteiger partial charge >= 0.3 is 12.1 Å². The number of hydrogen-bond acceptors (Lipinski definition) is 6. The van der Waals surface area contributed by atoms with Gasteiger partial charge in [0.2, 0.25) is 5.76 Å². The molecule has 1 aliphatic rings. The summed E-state index contributed by atoms with van der Waals surface area (Å²) in [5, 5.41) is 12.6. The molecule has 0 amide bonds. The highest BCUT2D eigenvalue weighted by Gasteiger charge is 2.56. The van der Waals surface area contributed by atoms with Crippen LogP contribution in [0.3, 0.4) is 0 Å². The van der Waals surface area contributed by atoms with E-state index >= 15 is 0 Å². The quantitative estimate of drug-likeness (QED) is 0.798. The number of hydrogen-bond donors (Lipinski definition) is 1. The van der Waals surface area contributed by atoms with E-state index in [1.807, 2.05) is 0 Å². The lowest BCUT2D eigenvalue weighted by atomic mass is 10.3. The summed E-state index contributed by atoms with van der Waals surface area (Å²) in [7, 11) is 0. The van der Waals surface area contributed by atoms with Crippen LogP contribution in [0.1, 0.15) is 18.6 Å². The Morgan fingerprint density at radius 2 is 2.12 bits per heavy atom. The third-order valence-electron chi connectivity index (χ3n) is 3.49. The summed E-state index contributed by atoms with van der Waals surface area (Å²) < 4.78 is 65.4. The second-order valence-corrected chi connectivity index (χ2v) is 6.92. The van der Waals surface area contributed by atoms with Crippen molar-refractivity contribution in [2.24, 2.45) is 0 Å². The van der Waals surface area contributed by atoms with E-state index in [-0.39, 0.29) is 28.4 Å². The molecule has 0 aliphatic heterocycles. The van der Waals surface area contributed by atoms with Gasteiger partial charge in [-0.25, -0.2) is 4.79 Å². The molecule has 1 atom stereocenters. The highest BCUT2D eigenvalue weighted by atomic mass is 32.2. The Balaban J connectivity index is 1.94. The minimum absolute atomic E-state index is 0.0785. The zero-order valence-electron chi connectivity index (χ0n) is 11.6. The van der Waals surface area contributed by atoms with E-state index < -0.39 is 34.7 Å². The molecule has 0 radical (unpaired) electrons. The zero-order valence-corrected chi connectivity index (χ0v) is 13.2. The highest BCUT2D eigenvalue weighted by molar-refractivity contribution is 7.81. The molecule has 1 N–H and O–H groups in total. The number of aliphatic carboxylic acids is 1. The van der Waals surface area contributed by atoms with Crippen molar-refractivity contribution < 1.29 is 36.4 Å². The fourth-order valence-corrected chi connectivity index (χ4v) is 4.15. The topological polar surface area (TPSA) is 107 Å². The van der Waals surface area contributed by atoms with Gasteiger partial charge < -0.3 is 14.2 Å². The van der Waals surface area contributed by atoms with Crippen molar-refractivity contribution in [3.63, 3.8) is 0 Å². The van der Waals surface area contributed by atoms with Crippen LogP contribution in [0.4, 0.5) is 18.2 Å². The minimum Gasteiger partial charge on any atom is -0.755 e. The SMILES string of the molecule is O=C(O)C1(N(c2ccc(-c3cc(C(F)(F)F)on3)s2)S(=O)[O-])CC1. The first-order chi connectivity index (χ1) is 11.1. The van der Waals surface area contributed by atoms with Crippen molar-refractivity contribution in [3.05, 3.63) is 24.0 Å². The molecule has 2 aromatic heterocycles. The Morgan fingerprint density at radius 3 is 2.58 bits per heavy atom. The lowest BCUT2D eigenvalue weighted by molar-refractivity contribution is -0.155. The van der Waals surface area contributed by atoms with Crippen molar-refractivity contribution in [1.82, 2.24) is 5.16 Å². The highest BCUT2D eigenvalue weighted by Crippen LogP contribution is 2.48. The number of carboxylic acids is 1. The summed E-state index contributed by atoms with van der Waals surface area (Å²) in [4.78, 5) is 11.6. The third-order valence-corrected chi connectivity index (χ3v) is 5.55. The van der Waals surface area contributed by atoms with Crippen LogP contribution in [0.15, 0.2) is 22.7 Å². The standard InChI is InChI=1S/C12H9F3N2O5S2/c13-12(14,15)8-5-6(16-22-8)7-1-2-9(23-7)17(24(20)21)11(3-4-11)10(18)19/h1-2,5H,3-4H2,(H,18,19)(H,20,21)/p-1. The Labute approximate surface area is 139 Å². The minimum atomic E-state index is -4.69. The van der Waals surface area contributed by atoms with Crippen molar-refractivity contribution in [2.45, 2.75) is 24.6 Å². The van der Waals surface area contributed by atoms with Crippen molar-refractivity contribution >= 4 is 33.6 Å². The van der Waals surface area contributed by atoms with E-state index in [2.05, 4.69) is 9.68 Å². The van der Waals surface area contributed by atoms with Gasteiger partial charge in [-0.3, -0.25) is 8.51 Å². The lowest BCUT2D eigenvalue weighted by Gasteiger charge is -2.30. The maximum atomic E-state index is 12.5. The number of halogens is 3. The molecular weight excluding hydrogens is 373 g/mol. The van der Waals surface area contributed by atoms with E-state index in [0.29, 0.717) is 6.07 Å². The van der Waals surface area contributed by atoms with Gasteiger partial charge in [0, 0.05) is 17.3 Å². The molecule has 0 saturated heterocycles. The largest absolute Gasteiger partial charge is 0.755 e. The monoisotopic (exact) mass is 381 g/mol. The smallest absolute Gasteiger partial charge is 0.452 e. The van der Waals surface area contributed by atoms with Gasteiger partial charge in [0.1, 0.15) is 10.7 Å². The summed E-state index contributed by atoms with van der Waals surface area (Å²) in [6.45, 7) is 0. The van der Waals surface area contributed by atoms with E-state index in [4.69, 9.17) is 0 Å². The summed E-state index contributed by atoms with van der Waals surface area (Å²) in [5.74, 6) is -2.55. The molecule has 0 aromatic carbocycles. The average molecular weight is 381 g/mol. The Morgan fingerprint density at radius 1 is 1.46 bits per heavy atom. The van der Waals surface area contributed by atoms with Crippen LogP contribution < -0.4 is 4.31 Å². The lowest BCUT2D eigenvalue weighted by Crippen LogP contribution is -2.44. The number of alkyl halides is 3. The molecule has 1 saturated carbocycles. The normalized spacial score (nSPS) is 17.5. The van der Waals surface area contributed by atoms with E-state index in [1.54, 1.807) is 0 Å². The maximum absolute atomic E-state index is 12.5. The molecule has 24 heavy (non-hydrogen) atoms. The first-order valence-corrected chi connectivity index (χ1v) is 8.27. The Hall–Kier alpha value is -1.92. The number of nitrogens with zero attached hydrogens (tertiary/aromatic N) is 2. The second kappa shape index (κ2) is 5.57. The Kier molecular flexibility index (Phi) is 3.92. The number of anilines is 1. The first kappa shape index (κ1) is 16.9. The van der Waals surface area contributed by atoms with Crippen LogP contribution in [0.25, 0.3) is 10.6 Å². The van der Waals surface area contributed by atoms with Gasteiger partial charge in [-0.2, -0.15) is 13.2 Å². The summed E-state index contributed by atoms with van der Waals surface area (Å²) in [5.41, 5.74) is -1.65. The van der Waals surface area contributed by atoms with E-state index in [1.165, 1.54) is 12.1 Å². The second-order valence-electron chi connectivity index (χ2n) is 5.06. The summed E-state index contributed by atoms with van der Waals surface area (Å²) in [6.07, 6.45) is -4.37. The third kappa shape index (κ3) is 2.80. The van der Waals surface area contributed by atoms with E-state index in [9.17, 15) is 31.8 Å². The molecule has 12 heteroatoms. The number of thiophene rings is 1. The first-order valence-electron chi connectivity index (χ1n) is 6.42.